The molecule has 0 nitrogen and oxygen atoms in total. The van der Waals surface area contributed by atoms with Crippen LogP contribution < -0.4 is 0 Å². The summed E-state index contributed by atoms with van der Waals surface area (Å²) in [6.45, 7) is 2.11. The Morgan fingerprint density at radius 1 is 0.857 bits per heavy atom. The average molecular weight is 222 g/mol. The Balaban J connectivity index is 0.000000461. The highest BCUT2D eigenvalue weighted by molar-refractivity contribution is 7.80. The third kappa shape index (κ3) is 2.69. The molecule has 2 aromatic carbocycles. The normalized spacial score (nSPS) is 9.43. The highest BCUT2D eigenvalue weighted by Crippen LogP contribution is 2.18. The molecule has 0 atom stereocenters. The van der Waals surface area contributed by atoms with Crippen LogP contribution in [0.4, 0.5) is 0 Å². The van der Waals surface area contributed by atoms with Crippen molar-refractivity contribution in [1.82, 2.24) is 0 Å². The average Bonchev–Trinajstić information content (AvgIpc) is 2.21. The van der Waals surface area contributed by atoms with Crippen LogP contribution >= 0.6 is 25.3 Å². The van der Waals surface area contributed by atoms with Crippen LogP contribution in [0.5, 0.6) is 0 Å². The van der Waals surface area contributed by atoms with Crippen molar-refractivity contribution in [3.63, 3.8) is 0 Å². The van der Waals surface area contributed by atoms with E-state index in [0.717, 1.165) is 4.90 Å². The highest BCUT2D eigenvalue weighted by atomic mass is 32.1. The molecule has 0 aliphatic rings. The third-order valence-electron chi connectivity index (χ3n) is 1.98. The SMILES string of the molecule is CS.Cc1ccc2cc(S)ccc2c1. The van der Waals surface area contributed by atoms with Crippen molar-refractivity contribution in [3.05, 3.63) is 42.0 Å². The van der Waals surface area contributed by atoms with Gasteiger partial charge in [0, 0.05) is 4.90 Å². The Bertz CT molecular complexity index is 380. The van der Waals surface area contributed by atoms with E-state index in [2.05, 4.69) is 62.5 Å². The first-order chi connectivity index (χ1) is 6.75. The van der Waals surface area contributed by atoms with Crippen LogP contribution in [0.2, 0.25) is 0 Å². The van der Waals surface area contributed by atoms with E-state index in [1.807, 2.05) is 6.07 Å². The van der Waals surface area contributed by atoms with Gasteiger partial charge in [-0.1, -0.05) is 29.8 Å². The zero-order valence-corrected chi connectivity index (χ0v) is 10.1. The fraction of sp³-hybridized carbons (Fsp3) is 0.167. The Labute approximate surface area is 96.2 Å². The summed E-state index contributed by atoms with van der Waals surface area (Å²) in [5.41, 5.74) is 1.30. The maximum absolute atomic E-state index is 4.29. The molecular weight excluding hydrogens is 208 g/mol. The lowest BCUT2D eigenvalue weighted by Crippen LogP contribution is -1.75. The second-order valence-electron chi connectivity index (χ2n) is 3.03. The van der Waals surface area contributed by atoms with E-state index in [1.165, 1.54) is 16.3 Å². The summed E-state index contributed by atoms with van der Waals surface area (Å²) < 4.78 is 0. The minimum absolute atomic E-state index is 1.02. The Morgan fingerprint density at radius 3 is 2.14 bits per heavy atom. The van der Waals surface area contributed by atoms with E-state index in [0.29, 0.717) is 0 Å². The quantitative estimate of drug-likeness (QED) is 0.619. The molecular formula is C12H14S2. The number of fused-ring (bicyclic) bond motifs is 1. The molecule has 74 valence electrons. The van der Waals surface area contributed by atoms with Gasteiger partial charge in [0.2, 0.25) is 0 Å². The van der Waals surface area contributed by atoms with Crippen molar-refractivity contribution in [2.75, 3.05) is 6.26 Å². The molecule has 14 heavy (non-hydrogen) atoms. The van der Waals surface area contributed by atoms with Crippen molar-refractivity contribution in [1.29, 1.82) is 0 Å². The molecule has 0 spiro atoms. The predicted octanol–water partition coefficient (Wildman–Crippen LogP) is 3.98. The van der Waals surface area contributed by atoms with Gasteiger partial charge in [-0.15, -0.1) is 12.6 Å². The smallest absolute Gasteiger partial charge is 0.00463 e. The molecule has 0 aromatic heterocycles. The van der Waals surface area contributed by atoms with E-state index in [9.17, 15) is 0 Å². The lowest BCUT2D eigenvalue weighted by molar-refractivity contribution is 1.48. The van der Waals surface area contributed by atoms with Gasteiger partial charge in [-0.25, -0.2) is 0 Å². The lowest BCUT2D eigenvalue weighted by atomic mass is 10.1. The zero-order valence-electron chi connectivity index (χ0n) is 8.36. The maximum atomic E-state index is 4.29. The molecule has 0 unspecified atom stereocenters. The van der Waals surface area contributed by atoms with Crippen LogP contribution in [0.3, 0.4) is 0 Å². The Hall–Kier alpha value is -0.600. The summed E-state index contributed by atoms with van der Waals surface area (Å²) in [5.74, 6) is 0. The molecule has 0 aliphatic carbocycles. The summed E-state index contributed by atoms with van der Waals surface area (Å²) in [5, 5.41) is 2.54. The number of thiol groups is 2. The summed E-state index contributed by atoms with van der Waals surface area (Å²) in [7, 11) is 0. The number of hydrogen-bond donors (Lipinski definition) is 2. The second kappa shape index (κ2) is 5.32. The van der Waals surface area contributed by atoms with Gasteiger partial charge >= 0.3 is 0 Å². The van der Waals surface area contributed by atoms with Crippen LogP contribution in [0.25, 0.3) is 10.8 Å². The van der Waals surface area contributed by atoms with Gasteiger partial charge in [-0.3, -0.25) is 0 Å². The fourth-order valence-corrected chi connectivity index (χ4v) is 1.57. The standard InChI is InChI=1S/C11H10S.CH4S/c1-8-2-3-10-7-11(12)5-4-9(10)6-8;1-2/h2-7,12H,1H3;2H,1H3. The Morgan fingerprint density at radius 2 is 1.43 bits per heavy atom. The van der Waals surface area contributed by atoms with Gasteiger partial charge in [-0.05, 0) is 36.1 Å². The van der Waals surface area contributed by atoms with E-state index >= 15 is 0 Å². The molecule has 0 bridgehead atoms. The van der Waals surface area contributed by atoms with Gasteiger partial charge < -0.3 is 0 Å². The van der Waals surface area contributed by atoms with Crippen molar-refractivity contribution < 1.29 is 0 Å². The maximum Gasteiger partial charge on any atom is 0.00463 e. The third-order valence-corrected chi connectivity index (χ3v) is 2.26. The first-order valence-electron chi connectivity index (χ1n) is 4.40. The summed E-state index contributed by atoms with van der Waals surface area (Å²) in [6, 6.07) is 12.6. The minimum atomic E-state index is 1.02. The zero-order chi connectivity index (χ0) is 10.6. The molecule has 0 fully saturated rings. The van der Waals surface area contributed by atoms with Crippen LogP contribution in [0.15, 0.2) is 41.3 Å². The van der Waals surface area contributed by atoms with Crippen molar-refractivity contribution >= 4 is 36.0 Å². The Kier molecular flexibility index (Phi) is 4.36. The second-order valence-corrected chi connectivity index (χ2v) is 3.55. The largest absolute Gasteiger partial charge is 0.183 e. The number of rotatable bonds is 0. The van der Waals surface area contributed by atoms with E-state index in [1.54, 1.807) is 6.26 Å². The van der Waals surface area contributed by atoms with Gasteiger partial charge in [-0.2, -0.15) is 12.6 Å². The van der Waals surface area contributed by atoms with Crippen molar-refractivity contribution in [3.8, 4) is 0 Å². The van der Waals surface area contributed by atoms with Gasteiger partial charge in [0.05, 0.1) is 0 Å². The van der Waals surface area contributed by atoms with Crippen molar-refractivity contribution in [2.24, 2.45) is 0 Å². The van der Waals surface area contributed by atoms with E-state index in [4.69, 9.17) is 0 Å². The van der Waals surface area contributed by atoms with Crippen LogP contribution in [-0.4, -0.2) is 6.26 Å². The fourth-order valence-electron chi connectivity index (χ4n) is 1.35. The topological polar surface area (TPSA) is 0 Å². The number of aryl methyl sites for hydroxylation is 1. The molecule has 2 rings (SSSR count). The van der Waals surface area contributed by atoms with Crippen molar-refractivity contribution in [2.45, 2.75) is 11.8 Å². The minimum Gasteiger partial charge on any atom is -0.183 e. The highest BCUT2D eigenvalue weighted by Gasteiger charge is 1.93. The molecule has 0 heterocycles. The molecule has 2 aromatic rings. The van der Waals surface area contributed by atoms with Crippen LogP contribution in [0.1, 0.15) is 5.56 Å². The van der Waals surface area contributed by atoms with Crippen LogP contribution in [-0.2, 0) is 0 Å². The number of benzene rings is 2. The van der Waals surface area contributed by atoms with E-state index < -0.39 is 0 Å². The predicted molar refractivity (Wildman–Crippen MR) is 70.8 cm³/mol. The first kappa shape index (κ1) is 11.5. The summed E-state index contributed by atoms with van der Waals surface area (Å²) in [6.07, 6.45) is 1.69. The van der Waals surface area contributed by atoms with Gasteiger partial charge in [0.15, 0.2) is 0 Å². The monoisotopic (exact) mass is 222 g/mol. The van der Waals surface area contributed by atoms with Gasteiger partial charge in [0.1, 0.15) is 0 Å². The van der Waals surface area contributed by atoms with Crippen LogP contribution in [0, 0.1) is 6.92 Å². The molecule has 0 aliphatic heterocycles. The summed E-state index contributed by atoms with van der Waals surface area (Å²) in [4.78, 5) is 1.02. The first-order valence-corrected chi connectivity index (χ1v) is 5.74. The molecule has 0 N–H and O–H groups in total. The number of hydrogen-bond acceptors (Lipinski definition) is 2. The molecule has 2 heteroatoms. The molecule has 0 saturated carbocycles. The molecule has 0 radical (unpaired) electrons. The van der Waals surface area contributed by atoms with E-state index in [-0.39, 0.29) is 0 Å². The lowest BCUT2D eigenvalue weighted by Gasteiger charge is -1.99. The molecule has 0 saturated heterocycles. The summed E-state index contributed by atoms with van der Waals surface area (Å²) >= 11 is 7.81. The molecule has 0 amide bonds. The van der Waals surface area contributed by atoms with Gasteiger partial charge in [0.25, 0.3) is 0 Å².